The van der Waals surface area contributed by atoms with Crippen LogP contribution < -0.4 is 4.74 Å². The van der Waals surface area contributed by atoms with Gasteiger partial charge in [0, 0.05) is 12.5 Å². The molecule has 2 nitrogen and oxygen atoms in total. The van der Waals surface area contributed by atoms with Crippen LogP contribution in [0.3, 0.4) is 0 Å². The first-order valence-corrected chi connectivity index (χ1v) is 6.24. The molecule has 6 heteroatoms. The summed E-state index contributed by atoms with van der Waals surface area (Å²) in [4.78, 5) is 3.92. The number of nitrogens with zero attached hydrogens (tertiary/aromatic N) is 1. The van der Waals surface area contributed by atoms with Crippen LogP contribution in [0.1, 0.15) is 11.1 Å². The van der Waals surface area contributed by atoms with Crippen LogP contribution in [-0.4, -0.2) is 11.6 Å². The Hall–Kier alpha value is -1.75. The molecule has 0 aliphatic rings. The van der Waals surface area contributed by atoms with E-state index in [2.05, 4.69) is 4.98 Å². The minimum absolute atomic E-state index is 0.231. The van der Waals surface area contributed by atoms with Crippen molar-refractivity contribution in [1.82, 2.24) is 4.98 Å². The van der Waals surface area contributed by atoms with Gasteiger partial charge in [-0.05, 0) is 17.7 Å². The second-order valence-electron chi connectivity index (χ2n) is 4.10. The van der Waals surface area contributed by atoms with E-state index >= 15 is 0 Å². The van der Waals surface area contributed by atoms with Crippen LogP contribution in [0.4, 0.5) is 13.2 Å². The molecule has 106 valence electrons. The minimum atomic E-state index is -4.33. The van der Waals surface area contributed by atoms with Crippen molar-refractivity contribution in [3.05, 3.63) is 58.7 Å². The summed E-state index contributed by atoms with van der Waals surface area (Å²) in [6, 6.07) is 10.1. The summed E-state index contributed by atoms with van der Waals surface area (Å²) in [5.41, 5.74) is -0.0993. The summed E-state index contributed by atoms with van der Waals surface area (Å²) >= 11 is 5.70. The maximum atomic E-state index is 12.5. The quantitative estimate of drug-likeness (QED) is 0.782. The fourth-order valence-corrected chi connectivity index (χ4v) is 1.80. The van der Waals surface area contributed by atoms with Crippen LogP contribution in [-0.2, 0) is 12.6 Å². The number of alkyl halides is 3. The van der Waals surface area contributed by atoms with Gasteiger partial charge < -0.3 is 4.74 Å². The molecular formula is C14H11ClF3NO. The van der Waals surface area contributed by atoms with Crippen molar-refractivity contribution in [3.8, 4) is 5.88 Å². The number of halogens is 4. The summed E-state index contributed by atoms with van der Waals surface area (Å²) in [6.07, 6.45) is -3.97. The standard InChI is InChI=1S/C14H11ClF3NO/c15-12-5-2-6-13(19-12)20-8-7-10-3-1-4-11(9-10)14(16,17)18/h1-6,9H,7-8H2. The number of rotatable bonds is 4. The van der Waals surface area contributed by atoms with Crippen LogP contribution in [0.5, 0.6) is 5.88 Å². The molecule has 0 aliphatic heterocycles. The highest BCUT2D eigenvalue weighted by atomic mass is 35.5. The lowest BCUT2D eigenvalue weighted by molar-refractivity contribution is -0.137. The molecule has 0 unspecified atom stereocenters. The first-order chi connectivity index (χ1) is 9.45. The molecule has 20 heavy (non-hydrogen) atoms. The molecule has 0 bridgehead atoms. The van der Waals surface area contributed by atoms with E-state index in [1.807, 2.05) is 0 Å². The highest BCUT2D eigenvalue weighted by molar-refractivity contribution is 6.29. The smallest absolute Gasteiger partial charge is 0.416 e. The Morgan fingerprint density at radius 1 is 1.10 bits per heavy atom. The highest BCUT2D eigenvalue weighted by Crippen LogP contribution is 2.29. The fourth-order valence-electron chi connectivity index (χ4n) is 1.65. The Labute approximate surface area is 119 Å². The van der Waals surface area contributed by atoms with Gasteiger partial charge in [-0.25, -0.2) is 4.98 Å². The summed E-state index contributed by atoms with van der Waals surface area (Å²) in [5, 5.41) is 0.307. The van der Waals surface area contributed by atoms with Gasteiger partial charge in [0.2, 0.25) is 5.88 Å². The number of pyridine rings is 1. The van der Waals surface area contributed by atoms with Crippen LogP contribution in [0.25, 0.3) is 0 Å². The first-order valence-electron chi connectivity index (χ1n) is 5.86. The minimum Gasteiger partial charge on any atom is -0.477 e. The van der Waals surface area contributed by atoms with Gasteiger partial charge in [0.25, 0.3) is 0 Å². The summed E-state index contributed by atoms with van der Waals surface area (Å²) in [5.74, 6) is 0.351. The monoisotopic (exact) mass is 301 g/mol. The van der Waals surface area contributed by atoms with Crippen LogP contribution >= 0.6 is 11.6 Å². The van der Waals surface area contributed by atoms with Gasteiger partial charge >= 0.3 is 6.18 Å². The normalized spacial score (nSPS) is 11.4. The molecule has 0 spiro atoms. The van der Waals surface area contributed by atoms with E-state index < -0.39 is 11.7 Å². The van der Waals surface area contributed by atoms with E-state index in [0.717, 1.165) is 12.1 Å². The van der Waals surface area contributed by atoms with E-state index in [1.165, 1.54) is 6.07 Å². The second kappa shape index (κ2) is 6.13. The average Bonchev–Trinajstić information content (AvgIpc) is 2.38. The second-order valence-corrected chi connectivity index (χ2v) is 4.48. The molecule has 0 saturated carbocycles. The number of ether oxygens (including phenoxy) is 1. The van der Waals surface area contributed by atoms with E-state index in [9.17, 15) is 13.2 Å². The molecule has 0 radical (unpaired) electrons. The molecule has 0 atom stereocenters. The van der Waals surface area contributed by atoms with Crippen molar-refractivity contribution in [2.24, 2.45) is 0 Å². The van der Waals surface area contributed by atoms with Crippen molar-refractivity contribution in [1.29, 1.82) is 0 Å². The molecule has 0 saturated heterocycles. The summed E-state index contributed by atoms with van der Waals surface area (Å²) in [6.45, 7) is 0.231. The van der Waals surface area contributed by atoms with Gasteiger partial charge in [0.15, 0.2) is 0 Å². The van der Waals surface area contributed by atoms with Crippen LogP contribution in [0, 0.1) is 0 Å². The first kappa shape index (κ1) is 14.7. The van der Waals surface area contributed by atoms with Crippen molar-refractivity contribution < 1.29 is 17.9 Å². The molecule has 0 N–H and O–H groups in total. The zero-order valence-corrected chi connectivity index (χ0v) is 11.1. The molecule has 1 aromatic heterocycles. The predicted octanol–water partition coefficient (Wildman–Crippen LogP) is 4.38. The van der Waals surface area contributed by atoms with Gasteiger partial charge in [-0.3, -0.25) is 0 Å². The summed E-state index contributed by atoms with van der Waals surface area (Å²) in [7, 11) is 0. The average molecular weight is 302 g/mol. The van der Waals surface area contributed by atoms with Crippen molar-refractivity contribution >= 4 is 11.6 Å². The number of hydrogen-bond acceptors (Lipinski definition) is 2. The Morgan fingerprint density at radius 2 is 1.85 bits per heavy atom. The third-order valence-corrected chi connectivity index (χ3v) is 2.80. The molecule has 2 rings (SSSR count). The lowest BCUT2D eigenvalue weighted by Crippen LogP contribution is -2.07. The zero-order chi connectivity index (χ0) is 14.6. The van der Waals surface area contributed by atoms with Gasteiger partial charge in [-0.15, -0.1) is 0 Å². The van der Waals surface area contributed by atoms with E-state index in [1.54, 1.807) is 24.3 Å². The molecule has 1 heterocycles. The van der Waals surface area contributed by atoms with Crippen molar-refractivity contribution in [2.45, 2.75) is 12.6 Å². The lowest BCUT2D eigenvalue weighted by atomic mass is 10.1. The summed E-state index contributed by atoms with van der Waals surface area (Å²) < 4.78 is 43.0. The Balaban J connectivity index is 1.94. The third kappa shape index (κ3) is 4.13. The number of benzene rings is 1. The van der Waals surface area contributed by atoms with Crippen LogP contribution in [0.2, 0.25) is 5.15 Å². The van der Waals surface area contributed by atoms with Gasteiger partial charge in [0.1, 0.15) is 5.15 Å². The predicted molar refractivity (Wildman–Crippen MR) is 69.9 cm³/mol. The van der Waals surface area contributed by atoms with Gasteiger partial charge in [-0.1, -0.05) is 35.9 Å². The zero-order valence-electron chi connectivity index (χ0n) is 10.3. The highest BCUT2D eigenvalue weighted by Gasteiger charge is 2.30. The SMILES string of the molecule is FC(F)(F)c1cccc(CCOc2cccc(Cl)n2)c1. The van der Waals surface area contributed by atoms with Crippen molar-refractivity contribution in [2.75, 3.05) is 6.61 Å². The lowest BCUT2D eigenvalue weighted by Gasteiger charge is -2.09. The topological polar surface area (TPSA) is 22.1 Å². The molecular weight excluding hydrogens is 291 g/mol. The van der Waals surface area contributed by atoms with E-state index in [4.69, 9.17) is 16.3 Å². The number of hydrogen-bond donors (Lipinski definition) is 0. The van der Waals surface area contributed by atoms with Gasteiger partial charge in [-0.2, -0.15) is 13.2 Å². The van der Waals surface area contributed by atoms with Gasteiger partial charge in [0.05, 0.1) is 12.2 Å². The van der Waals surface area contributed by atoms with E-state index in [-0.39, 0.29) is 6.61 Å². The molecule has 0 aliphatic carbocycles. The van der Waals surface area contributed by atoms with E-state index in [0.29, 0.717) is 23.0 Å². The third-order valence-electron chi connectivity index (χ3n) is 2.58. The van der Waals surface area contributed by atoms with Crippen LogP contribution in [0.15, 0.2) is 42.5 Å². The maximum Gasteiger partial charge on any atom is 0.416 e. The fraction of sp³-hybridized carbons (Fsp3) is 0.214. The molecule has 2 aromatic rings. The molecule has 0 fully saturated rings. The Kier molecular flexibility index (Phi) is 4.49. The Morgan fingerprint density at radius 3 is 2.55 bits per heavy atom. The largest absolute Gasteiger partial charge is 0.477 e. The Bertz CT molecular complexity index is 587. The van der Waals surface area contributed by atoms with Crippen molar-refractivity contribution in [3.63, 3.8) is 0 Å². The molecule has 1 aromatic carbocycles. The maximum absolute atomic E-state index is 12.5. The molecule has 0 amide bonds. The number of aromatic nitrogens is 1.